The van der Waals surface area contributed by atoms with E-state index in [0.717, 1.165) is 24.2 Å². The van der Waals surface area contributed by atoms with E-state index in [0.29, 0.717) is 0 Å². The molecule has 0 unspecified atom stereocenters. The smallest absolute Gasteiger partial charge is 0.0206 e. The fourth-order valence-corrected chi connectivity index (χ4v) is 4.67. The number of piperidine rings is 1. The van der Waals surface area contributed by atoms with Crippen molar-refractivity contribution >= 4 is 0 Å². The van der Waals surface area contributed by atoms with Gasteiger partial charge in [0.2, 0.25) is 0 Å². The van der Waals surface area contributed by atoms with Gasteiger partial charge >= 0.3 is 0 Å². The van der Waals surface area contributed by atoms with Crippen molar-refractivity contribution in [3.8, 4) is 0 Å². The van der Waals surface area contributed by atoms with Crippen LogP contribution in [0.2, 0.25) is 0 Å². The normalized spacial score (nSPS) is 31.3. The third kappa shape index (κ3) is 2.66. The highest BCUT2D eigenvalue weighted by Crippen LogP contribution is 2.42. The number of fused-ring (bicyclic) bond motifs is 2. The maximum atomic E-state index is 2.69. The molecular formula is C20H25N. The summed E-state index contributed by atoms with van der Waals surface area (Å²) in [6, 6.07) is 11.1. The zero-order chi connectivity index (χ0) is 14.1. The molecule has 110 valence electrons. The van der Waals surface area contributed by atoms with E-state index >= 15 is 0 Å². The molecule has 1 aromatic rings. The van der Waals surface area contributed by atoms with Crippen LogP contribution in [0.25, 0.3) is 0 Å². The molecule has 3 aliphatic rings. The van der Waals surface area contributed by atoms with Crippen LogP contribution >= 0.6 is 0 Å². The topological polar surface area (TPSA) is 3.24 Å². The fraction of sp³-hybridized carbons (Fsp3) is 0.500. The molecule has 21 heavy (non-hydrogen) atoms. The first-order chi connectivity index (χ1) is 10.4. The third-order valence-electron chi connectivity index (χ3n) is 5.74. The largest absolute Gasteiger partial charge is 0.374 e. The van der Waals surface area contributed by atoms with E-state index in [4.69, 9.17) is 0 Å². The average molecular weight is 279 g/mol. The van der Waals surface area contributed by atoms with Gasteiger partial charge < -0.3 is 4.90 Å². The molecule has 4 rings (SSSR count). The summed E-state index contributed by atoms with van der Waals surface area (Å²) in [5.74, 6) is 2.71. The average Bonchev–Trinajstić information content (AvgIpc) is 3.02. The standard InChI is InChI=1S/C20H25N/c1-2-7-16(8-3-1)13-20-17-9-6-10-18(20)15-21(14-17)19-11-4-5-12-19/h1-5,7-8,11,17-18,20H,6,9-10,12-15H2/t17-,18+,20-. The molecule has 0 aromatic heterocycles. The molecule has 2 aliphatic carbocycles. The molecule has 0 radical (unpaired) electrons. The number of hydrogen-bond acceptors (Lipinski definition) is 1. The van der Waals surface area contributed by atoms with E-state index in [1.807, 2.05) is 0 Å². The summed E-state index contributed by atoms with van der Waals surface area (Å²) in [4.78, 5) is 2.69. The maximum absolute atomic E-state index is 2.69. The molecule has 1 heteroatoms. The minimum Gasteiger partial charge on any atom is -0.374 e. The van der Waals surface area contributed by atoms with E-state index in [9.17, 15) is 0 Å². The first-order valence-electron chi connectivity index (χ1n) is 8.55. The fourth-order valence-electron chi connectivity index (χ4n) is 4.67. The van der Waals surface area contributed by atoms with Crippen LogP contribution < -0.4 is 0 Å². The Kier molecular flexibility index (Phi) is 3.58. The maximum Gasteiger partial charge on any atom is 0.0206 e. The highest BCUT2D eigenvalue weighted by Gasteiger charge is 2.39. The summed E-state index contributed by atoms with van der Waals surface area (Å²) in [7, 11) is 0. The van der Waals surface area contributed by atoms with E-state index in [1.165, 1.54) is 44.3 Å². The van der Waals surface area contributed by atoms with Crippen LogP contribution in [-0.2, 0) is 6.42 Å². The van der Waals surface area contributed by atoms with Gasteiger partial charge in [-0.15, -0.1) is 0 Å². The summed E-state index contributed by atoms with van der Waals surface area (Å²) in [6.45, 7) is 2.59. The van der Waals surface area contributed by atoms with Gasteiger partial charge in [-0.1, -0.05) is 48.9 Å². The minimum absolute atomic E-state index is 0.902. The van der Waals surface area contributed by atoms with Crippen LogP contribution in [0.15, 0.2) is 54.3 Å². The van der Waals surface area contributed by atoms with Gasteiger partial charge in [0, 0.05) is 25.2 Å². The Bertz CT molecular complexity index is 528. The summed E-state index contributed by atoms with van der Waals surface area (Å²) in [6.07, 6.45) is 13.6. The van der Waals surface area contributed by atoms with Crippen molar-refractivity contribution in [3.63, 3.8) is 0 Å². The molecule has 0 N–H and O–H groups in total. The predicted molar refractivity (Wildman–Crippen MR) is 87.9 cm³/mol. The van der Waals surface area contributed by atoms with Gasteiger partial charge in [-0.2, -0.15) is 0 Å². The van der Waals surface area contributed by atoms with E-state index in [2.05, 4.69) is 53.5 Å². The van der Waals surface area contributed by atoms with Gasteiger partial charge in [0.1, 0.15) is 0 Å². The second-order valence-electron chi connectivity index (χ2n) is 7.00. The molecule has 2 fully saturated rings. The molecule has 0 amide bonds. The van der Waals surface area contributed by atoms with Crippen molar-refractivity contribution in [2.24, 2.45) is 17.8 Å². The molecule has 1 saturated carbocycles. The molecule has 1 nitrogen and oxygen atoms in total. The van der Waals surface area contributed by atoms with Crippen molar-refractivity contribution in [2.45, 2.75) is 32.1 Å². The Morgan fingerprint density at radius 2 is 1.76 bits per heavy atom. The molecular weight excluding hydrogens is 254 g/mol. The third-order valence-corrected chi connectivity index (χ3v) is 5.74. The summed E-state index contributed by atoms with van der Waals surface area (Å²) >= 11 is 0. The number of nitrogens with zero attached hydrogens (tertiary/aromatic N) is 1. The molecule has 0 spiro atoms. The summed E-state index contributed by atoms with van der Waals surface area (Å²) < 4.78 is 0. The molecule has 1 aliphatic heterocycles. The molecule has 3 atom stereocenters. The summed E-state index contributed by atoms with van der Waals surface area (Å²) in [5.41, 5.74) is 3.10. The van der Waals surface area contributed by atoms with Gasteiger partial charge in [0.15, 0.2) is 0 Å². The Hall–Kier alpha value is -1.50. The lowest BCUT2D eigenvalue weighted by atomic mass is 9.66. The van der Waals surface area contributed by atoms with Crippen LogP contribution in [0.4, 0.5) is 0 Å². The van der Waals surface area contributed by atoms with Crippen LogP contribution in [0.1, 0.15) is 31.2 Å². The van der Waals surface area contributed by atoms with Crippen molar-refractivity contribution in [1.29, 1.82) is 0 Å². The zero-order valence-corrected chi connectivity index (χ0v) is 12.7. The van der Waals surface area contributed by atoms with Gasteiger partial charge in [-0.25, -0.2) is 0 Å². The van der Waals surface area contributed by atoms with Crippen molar-refractivity contribution < 1.29 is 0 Å². The number of likely N-dealkylation sites (tertiary alicyclic amines) is 1. The number of benzene rings is 1. The number of rotatable bonds is 3. The lowest BCUT2D eigenvalue weighted by Gasteiger charge is -2.49. The Balaban J connectivity index is 1.49. The second-order valence-corrected chi connectivity index (χ2v) is 7.00. The first kappa shape index (κ1) is 13.2. The Morgan fingerprint density at radius 3 is 2.43 bits per heavy atom. The van der Waals surface area contributed by atoms with Crippen molar-refractivity contribution in [1.82, 2.24) is 4.90 Å². The molecule has 1 heterocycles. The predicted octanol–water partition coefficient (Wildman–Crippen LogP) is 4.42. The van der Waals surface area contributed by atoms with Crippen LogP contribution in [-0.4, -0.2) is 18.0 Å². The quantitative estimate of drug-likeness (QED) is 0.791. The van der Waals surface area contributed by atoms with Gasteiger partial charge in [0.05, 0.1) is 0 Å². The highest BCUT2D eigenvalue weighted by atomic mass is 15.2. The van der Waals surface area contributed by atoms with Crippen LogP contribution in [0.3, 0.4) is 0 Å². The molecule has 1 saturated heterocycles. The van der Waals surface area contributed by atoms with Gasteiger partial charge in [-0.3, -0.25) is 0 Å². The number of allylic oxidation sites excluding steroid dienone is 3. The second kappa shape index (κ2) is 5.71. The van der Waals surface area contributed by atoms with E-state index < -0.39 is 0 Å². The van der Waals surface area contributed by atoms with Gasteiger partial charge in [-0.05, 0) is 48.7 Å². The molecule has 1 aromatic carbocycles. The van der Waals surface area contributed by atoms with Crippen LogP contribution in [0.5, 0.6) is 0 Å². The van der Waals surface area contributed by atoms with Crippen LogP contribution in [0, 0.1) is 17.8 Å². The lowest BCUT2D eigenvalue weighted by Crippen LogP contribution is -2.48. The minimum atomic E-state index is 0.902. The number of hydrogen-bond donors (Lipinski definition) is 0. The molecule has 2 bridgehead atoms. The Morgan fingerprint density at radius 1 is 1.00 bits per heavy atom. The first-order valence-corrected chi connectivity index (χ1v) is 8.55. The monoisotopic (exact) mass is 279 g/mol. The van der Waals surface area contributed by atoms with Crippen molar-refractivity contribution in [2.75, 3.05) is 13.1 Å². The summed E-state index contributed by atoms with van der Waals surface area (Å²) in [5, 5.41) is 0. The van der Waals surface area contributed by atoms with E-state index in [-0.39, 0.29) is 0 Å². The SMILES string of the molecule is C1=CCC(N2C[C@H]3CCC[C@@H](C2)[C@@H]3Cc2ccccc2)=C1. The van der Waals surface area contributed by atoms with E-state index in [1.54, 1.807) is 5.70 Å². The highest BCUT2D eigenvalue weighted by molar-refractivity contribution is 5.23. The zero-order valence-electron chi connectivity index (χ0n) is 12.7. The Labute approximate surface area is 128 Å². The lowest BCUT2D eigenvalue weighted by molar-refractivity contribution is 0.0403. The van der Waals surface area contributed by atoms with Crippen molar-refractivity contribution in [3.05, 3.63) is 59.8 Å². The van der Waals surface area contributed by atoms with Gasteiger partial charge in [0.25, 0.3) is 0 Å².